The molecule has 0 bridgehead atoms. The van der Waals surface area contributed by atoms with Gasteiger partial charge in [0, 0.05) is 13.1 Å². The first-order valence-corrected chi connectivity index (χ1v) is 5.38. The lowest BCUT2D eigenvalue weighted by atomic mass is 9.82. The van der Waals surface area contributed by atoms with E-state index in [1.54, 1.807) is 4.90 Å². The van der Waals surface area contributed by atoms with Gasteiger partial charge >= 0.3 is 11.8 Å². The molecule has 0 aliphatic carbocycles. The Bertz CT molecular complexity index is 261. The first-order valence-electron chi connectivity index (χ1n) is 5.38. The molecule has 86 valence electrons. The highest BCUT2D eigenvalue weighted by atomic mass is 16.2. The maximum Gasteiger partial charge on any atom is 0.323 e. The molecule has 0 unspecified atom stereocenters. The predicted molar refractivity (Wildman–Crippen MR) is 56.5 cm³/mol. The second-order valence-corrected chi connectivity index (χ2v) is 4.16. The highest BCUT2D eigenvalue weighted by Gasteiger charge is 2.38. The van der Waals surface area contributed by atoms with E-state index in [4.69, 9.17) is 5.84 Å². The molecule has 2 amide bonds. The van der Waals surface area contributed by atoms with Crippen LogP contribution in [0.1, 0.15) is 33.1 Å². The van der Waals surface area contributed by atoms with E-state index < -0.39 is 11.8 Å². The van der Waals surface area contributed by atoms with Gasteiger partial charge in [-0.15, -0.1) is 0 Å². The summed E-state index contributed by atoms with van der Waals surface area (Å²) in [5.74, 6) is 3.69. The number of hydrogen-bond donors (Lipinski definition) is 2. The van der Waals surface area contributed by atoms with Crippen molar-refractivity contribution in [2.45, 2.75) is 33.1 Å². The number of nitrogens with two attached hydrogens (primary N) is 1. The third-order valence-electron chi connectivity index (χ3n) is 3.55. The van der Waals surface area contributed by atoms with Gasteiger partial charge in [-0.25, -0.2) is 5.84 Å². The molecular weight excluding hydrogens is 194 g/mol. The van der Waals surface area contributed by atoms with Crippen LogP contribution in [0, 0.1) is 5.41 Å². The molecular formula is C10H19N3O2. The number of nitrogens with zero attached hydrogens (tertiary/aromatic N) is 1. The predicted octanol–water partition coefficient (Wildman–Crippen LogP) is 0.0150. The smallest absolute Gasteiger partial charge is 0.323 e. The molecule has 1 rings (SSSR count). The minimum absolute atomic E-state index is 0.199. The Morgan fingerprint density at radius 1 is 1.40 bits per heavy atom. The van der Waals surface area contributed by atoms with E-state index in [1.807, 2.05) is 5.43 Å². The van der Waals surface area contributed by atoms with E-state index in [2.05, 4.69) is 13.8 Å². The van der Waals surface area contributed by atoms with E-state index in [1.165, 1.54) is 0 Å². The van der Waals surface area contributed by atoms with E-state index >= 15 is 0 Å². The van der Waals surface area contributed by atoms with E-state index in [0.29, 0.717) is 13.1 Å². The summed E-state index contributed by atoms with van der Waals surface area (Å²) in [6.45, 7) is 5.58. The van der Waals surface area contributed by atoms with Gasteiger partial charge in [0.15, 0.2) is 0 Å². The second kappa shape index (κ2) is 4.61. The molecule has 0 aromatic rings. The van der Waals surface area contributed by atoms with Gasteiger partial charge in [0.1, 0.15) is 0 Å². The number of likely N-dealkylation sites (tertiary alicyclic amines) is 1. The summed E-state index contributed by atoms with van der Waals surface area (Å²) in [4.78, 5) is 24.2. The SMILES string of the molecule is CCC1(CC)CCN(C(=O)C(=O)NN)C1. The molecule has 5 nitrogen and oxygen atoms in total. The quantitative estimate of drug-likeness (QED) is 0.294. The van der Waals surface area contributed by atoms with Gasteiger partial charge in [0.2, 0.25) is 0 Å². The molecule has 5 heteroatoms. The van der Waals surface area contributed by atoms with Crippen LogP contribution in [0.3, 0.4) is 0 Å². The van der Waals surface area contributed by atoms with Crippen LogP contribution >= 0.6 is 0 Å². The van der Waals surface area contributed by atoms with Crippen molar-refractivity contribution in [1.82, 2.24) is 10.3 Å². The number of hydrazine groups is 1. The van der Waals surface area contributed by atoms with Crippen LogP contribution < -0.4 is 11.3 Å². The summed E-state index contributed by atoms with van der Waals surface area (Å²) in [5, 5.41) is 0. The van der Waals surface area contributed by atoms with Crippen LogP contribution in [-0.4, -0.2) is 29.8 Å². The van der Waals surface area contributed by atoms with Crippen molar-refractivity contribution in [3.63, 3.8) is 0 Å². The number of hydrogen-bond acceptors (Lipinski definition) is 3. The Morgan fingerprint density at radius 2 is 2.00 bits per heavy atom. The number of carbonyl (C=O) groups excluding carboxylic acids is 2. The van der Waals surface area contributed by atoms with Gasteiger partial charge in [0.25, 0.3) is 0 Å². The molecule has 1 aliphatic rings. The maximum atomic E-state index is 11.5. The fourth-order valence-electron chi connectivity index (χ4n) is 2.14. The summed E-state index contributed by atoms with van der Waals surface area (Å²) >= 11 is 0. The van der Waals surface area contributed by atoms with Crippen molar-refractivity contribution in [3.05, 3.63) is 0 Å². The van der Waals surface area contributed by atoms with Gasteiger partial charge in [0.05, 0.1) is 0 Å². The van der Waals surface area contributed by atoms with Crippen LogP contribution in [0.2, 0.25) is 0 Å². The highest BCUT2D eigenvalue weighted by molar-refractivity contribution is 6.34. The molecule has 1 fully saturated rings. The summed E-state index contributed by atoms with van der Waals surface area (Å²) in [7, 11) is 0. The average Bonchev–Trinajstić information content (AvgIpc) is 2.72. The van der Waals surface area contributed by atoms with E-state index in [-0.39, 0.29) is 5.41 Å². The average molecular weight is 213 g/mol. The number of amides is 2. The van der Waals surface area contributed by atoms with Gasteiger partial charge in [-0.1, -0.05) is 13.8 Å². The van der Waals surface area contributed by atoms with E-state index in [9.17, 15) is 9.59 Å². The fourth-order valence-corrected chi connectivity index (χ4v) is 2.14. The van der Waals surface area contributed by atoms with Crippen molar-refractivity contribution in [3.8, 4) is 0 Å². The standard InChI is InChI=1S/C10H19N3O2/c1-3-10(4-2)5-6-13(7-10)9(15)8(14)12-11/h3-7,11H2,1-2H3,(H,12,14). The topological polar surface area (TPSA) is 75.4 Å². The van der Waals surface area contributed by atoms with Crippen molar-refractivity contribution in [1.29, 1.82) is 0 Å². The molecule has 3 N–H and O–H groups in total. The lowest BCUT2D eigenvalue weighted by Gasteiger charge is -2.25. The zero-order valence-corrected chi connectivity index (χ0v) is 9.38. The molecule has 1 heterocycles. The Kier molecular flexibility index (Phi) is 3.68. The zero-order chi connectivity index (χ0) is 11.5. The summed E-state index contributed by atoms with van der Waals surface area (Å²) < 4.78 is 0. The lowest BCUT2D eigenvalue weighted by molar-refractivity contribution is -0.145. The molecule has 0 aromatic carbocycles. The molecule has 0 spiro atoms. The molecule has 1 aliphatic heterocycles. The summed E-state index contributed by atoms with van der Waals surface area (Å²) in [5.41, 5.74) is 2.07. The van der Waals surface area contributed by atoms with Crippen molar-refractivity contribution in [2.75, 3.05) is 13.1 Å². The number of nitrogens with one attached hydrogen (secondary N) is 1. The van der Waals surface area contributed by atoms with Crippen LogP contribution in [0.4, 0.5) is 0 Å². The molecule has 0 saturated carbocycles. The van der Waals surface area contributed by atoms with Crippen molar-refractivity contribution in [2.24, 2.45) is 11.3 Å². The monoisotopic (exact) mass is 213 g/mol. The Labute approximate surface area is 90.0 Å². The first-order chi connectivity index (χ1) is 7.08. The summed E-state index contributed by atoms with van der Waals surface area (Å²) in [6, 6.07) is 0. The maximum absolute atomic E-state index is 11.5. The Hall–Kier alpha value is -1.10. The van der Waals surface area contributed by atoms with Gasteiger partial charge in [-0.2, -0.15) is 0 Å². The Morgan fingerprint density at radius 3 is 2.40 bits per heavy atom. The summed E-state index contributed by atoms with van der Waals surface area (Å²) in [6.07, 6.45) is 3.05. The highest BCUT2D eigenvalue weighted by Crippen LogP contribution is 2.36. The molecule has 0 aromatic heterocycles. The van der Waals surface area contributed by atoms with E-state index in [0.717, 1.165) is 19.3 Å². The lowest BCUT2D eigenvalue weighted by Crippen LogP contribution is -2.45. The van der Waals surface area contributed by atoms with Crippen molar-refractivity contribution >= 4 is 11.8 Å². The van der Waals surface area contributed by atoms with Gasteiger partial charge in [-0.05, 0) is 24.7 Å². The van der Waals surface area contributed by atoms with Crippen LogP contribution in [0.25, 0.3) is 0 Å². The first kappa shape index (κ1) is 12.0. The van der Waals surface area contributed by atoms with Crippen molar-refractivity contribution < 1.29 is 9.59 Å². The number of rotatable bonds is 2. The van der Waals surface area contributed by atoms with Crippen LogP contribution in [-0.2, 0) is 9.59 Å². The zero-order valence-electron chi connectivity index (χ0n) is 9.38. The third kappa shape index (κ3) is 2.28. The molecule has 0 radical (unpaired) electrons. The minimum Gasteiger partial charge on any atom is -0.334 e. The normalized spacial score (nSPS) is 19.0. The number of carbonyl (C=O) groups is 2. The molecule has 0 atom stereocenters. The fraction of sp³-hybridized carbons (Fsp3) is 0.800. The van der Waals surface area contributed by atoms with Crippen LogP contribution in [0.5, 0.6) is 0 Å². The molecule has 1 saturated heterocycles. The minimum atomic E-state index is -0.724. The molecule has 15 heavy (non-hydrogen) atoms. The van der Waals surface area contributed by atoms with Gasteiger partial charge < -0.3 is 4.90 Å². The Balaban J connectivity index is 2.63. The second-order valence-electron chi connectivity index (χ2n) is 4.16. The van der Waals surface area contributed by atoms with Crippen LogP contribution in [0.15, 0.2) is 0 Å². The van der Waals surface area contributed by atoms with Gasteiger partial charge in [-0.3, -0.25) is 15.0 Å². The largest absolute Gasteiger partial charge is 0.334 e. The third-order valence-corrected chi connectivity index (χ3v) is 3.55.